The first-order chi connectivity index (χ1) is 11.5. The first-order valence-corrected chi connectivity index (χ1v) is 7.40. The lowest BCUT2D eigenvalue weighted by molar-refractivity contribution is -0.385. The summed E-state index contributed by atoms with van der Waals surface area (Å²) < 4.78 is 15.1. The smallest absolute Gasteiger partial charge is 0.285 e. The summed E-state index contributed by atoms with van der Waals surface area (Å²) in [6, 6.07) is 6.75. The van der Waals surface area contributed by atoms with Crippen LogP contribution in [0.1, 0.15) is 12.0 Å². The lowest BCUT2D eigenvalue weighted by Crippen LogP contribution is -2.40. The summed E-state index contributed by atoms with van der Waals surface area (Å²) in [4.78, 5) is 35.8. The van der Waals surface area contributed by atoms with Crippen LogP contribution in [0.2, 0.25) is 0 Å². The van der Waals surface area contributed by atoms with Crippen LogP contribution in [0, 0.1) is 15.9 Å². The maximum atomic E-state index is 14.1. The van der Waals surface area contributed by atoms with Crippen molar-refractivity contribution >= 4 is 17.3 Å². The van der Waals surface area contributed by atoms with Crippen molar-refractivity contribution in [3.8, 4) is 0 Å². The largest absolute Gasteiger partial charge is 0.308 e. The van der Waals surface area contributed by atoms with Gasteiger partial charge in [0.1, 0.15) is 12.4 Å². The number of amides is 1. The van der Waals surface area contributed by atoms with Gasteiger partial charge in [-0.1, -0.05) is 12.1 Å². The quantitative estimate of drug-likeness (QED) is 0.635. The van der Waals surface area contributed by atoms with Gasteiger partial charge in [0.25, 0.3) is 11.2 Å². The highest BCUT2D eigenvalue weighted by atomic mass is 19.1. The molecule has 0 N–H and O–H groups in total. The SMILES string of the molecule is O=C(Cn1cc([N+](=O)[O-])ccc1=O)N1CCCc2cccc(F)c21. The molecule has 2 aromatic rings. The highest BCUT2D eigenvalue weighted by Gasteiger charge is 2.26. The maximum Gasteiger partial charge on any atom is 0.285 e. The van der Waals surface area contributed by atoms with Gasteiger partial charge in [0, 0.05) is 18.7 Å². The molecule has 1 aliphatic rings. The van der Waals surface area contributed by atoms with E-state index in [4.69, 9.17) is 0 Å². The average molecular weight is 331 g/mol. The molecule has 0 saturated carbocycles. The van der Waals surface area contributed by atoms with Gasteiger partial charge in [-0.3, -0.25) is 24.3 Å². The Bertz CT molecular complexity index is 878. The van der Waals surface area contributed by atoms with Gasteiger partial charge in [-0.05, 0) is 24.5 Å². The number of carbonyl (C=O) groups excluding carboxylic acids is 1. The third kappa shape index (κ3) is 2.90. The summed E-state index contributed by atoms with van der Waals surface area (Å²) in [6.45, 7) is -0.0370. The lowest BCUT2D eigenvalue weighted by Gasteiger charge is -2.30. The van der Waals surface area contributed by atoms with Crippen molar-refractivity contribution in [3.63, 3.8) is 0 Å². The van der Waals surface area contributed by atoms with E-state index in [1.807, 2.05) is 0 Å². The van der Waals surface area contributed by atoms with Gasteiger partial charge in [0.05, 0.1) is 16.8 Å². The number of aromatic nitrogens is 1. The molecule has 124 valence electrons. The Morgan fingerprint density at radius 1 is 1.29 bits per heavy atom. The number of hydrogen-bond acceptors (Lipinski definition) is 4. The molecule has 0 radical (unpaired) electrons. The standard InChI is InChI=1S/C16H14FN3O4/c17-13-5-1-3-11-4-2-8-19(16(11)13)15(22)10-18-9-12(20(23)24)6-7-14(18)21/h1,3,5-7,9H,2,4,8,10H2. The summed E-state index contributed by atoms with van der Waals surface area (Å²) >= 11 is 0. The molecule has 1 amide bonds. The first-order valence-electron chi connectivity index (χ1n) is 7.40. The van der Waals surface area contributed by atoms with Crippen LogP contribution >= 0.6 is 0 Å². The molecule has 0 bridgehead atoms. The number of carbonyl (C=O) groups is 1. The lowest BCUT2D eigenvalue weighted by atomic mass is 10.0. The predicted octanol–water partition coefficient (Wildman–Crippen LogP) is 1.87. The van der Waals surface area contributed by atoms with Crippen molar-refractivity contribution < 1.29 is 14.1 Å². The number of benzene rings is 1. The van der Waals surface area contributed by atoms with E-state index in [2.05, 4.69) is 0 Å². The normalized spacial score (nSPS) is 13.5. The van der Waals surface area contributed by atoms with Crippen LogP contribution in [0.3, 0.4) is 0 Å². The van der Waals surface area contributed by atoms with E-state index in [9.17, 15) is 24.1 Å². The average Bonchev–Trinajstić information content (AvgIpc) is 2.56. The number of fused-ring (bicyclic) bond motifs is 1. The third-order valence-corrected chi connectivity index (χ3v) is 3.95. The van der Waals surface area contributed by atoms with E-state index >= 15 is 0 Å². The van der Waals surface area contributed by atoms with Crippen molar-refractivity contribution in [1.29, 1.82) is 0 Å². The minimum Gasteiger partial charge on any atom is -0.308 e. The van der Waals surface area contributed by atoms with E-state index in [0.29, 0.717) is 19.4 Å². The van der Waals surface area contributed by atoms with Gasteiger partial charge in [-0.15, -0.1) is 0 Å². The molecule has 8 heteroatoms. The molecular weight excluding hydrogens is 317 g/mol. The molecule has 0 spiro atoms. The second-order valence-corrected chi connectivity index (χ2v) is 5.51. The maximum absolute atomic E-state index is 14.1. The number of halogens is 1. The minimum atomic E-state index is -0.643. The molecule has 24 heavy (non-hydrogen) atoms. The van der Waals surface area contributed by atoms with Gasteiger partial charge in [0.2, 0.25) is 5.91 Å². The van der Waals surface area contributed by atoms with E-state index in [1.165, 1.54) is 11.0 Å². The van der Waals surface area contributed by atoms with Crippen molar-refractivity contribution in [2.24, 2.45) is 0 Å². The van der Waals surface area contributed by atoms with E-state index < -0.39 is 22.2 Å². The van der Waals surface area contributed by atoms with E-state index in [1.54, 1.807) is 12.1 Å². The summed E-state index contributed by atoms with van der Waals surface area (Å²) in [6.07, 6.45) is 2.38. The molecule has 1 aromatic heterocycles. The fraction of sp³-hybridized carbons (Fsp3) is 0.250. The van der Waals surface area contributed by atoms with Gasteiger partial charge < -0.3 is 4.90 Å². The molecule has 0 aliphatic carbocycles. The van der Waals surface area contributed by atoms with Crippen molar-refractivity contribution in [2.75, 3.05) is 11.4 Å². The van der Waals surface area contributed by atoms with Crippen LogP contribution in [0.5, 0.6) is 0 Å². The van der Waals surface area contributed by atoms with Crippen LogP contribution < -0.4 is 10.5 Å². The summed E-state index contributed by atoms with van der Waals surface area (Å²) in [7, 11) is 0. The van der Waals surface area contributed by atoms with Gasteiger partial charge >= 0.3 is 0 Å². The highest BCUT2D eigenvalue weighted by Crippen LogP contribution is 2.30. The van der Waals surface area contributed by atoms with Crippen LogP contribution in [-0.2, 0) is 17.8 Å². The number of para-hydroxylation sites is 1. The predicted molar refractivity (Wildman–Crippen MR) is 84.4 cm³/mol. The monoisotopic (exact) mass is 331 g/mol. The zero-order valence-electron chi connectivity index (χ0n) is 12.6. The topological polar surface area (TPSA) is 85.5 Å². The Balaban J connectivity index is 1.91. The summed E-state index contributed by atoms with van der Waals surface area (Å²) in [5, 5.41) is 10.8. The second-order valence-electron chi connectivity index (χ2n) is 5.51. The van der Waals surface area contributed by atoms with Crippen LogP contribution in [0.25, 0.3) is 0 Å². The zero-order valence-corrected chi connectivity index (χ0v) is 12.6. The molecule has 7 nitrogen and oxygen atoms in total. The fourth-order valence-electron chi connectivity index (χ4n) is 2.83. The molecule has 0 atom stereocenters. The second kappa shape index (κ2) is 6.23. The molecular formula is C16H14FN3O4. The summed E-state index contributed by atoms with van der Waals surface area (Å²) in [5.74, 6) is -0.976. The molecule has 3 rings (SSSR count). The number of anilines is 1. The molecule has 0 saturated heterocycles. The minimum absolute atomic E-state index is 0.229. The summed E-state index contributed by atoms with van der Waals surface area (Å²) in [5.41, 5.74) is 0.153. The Hall–Kier alpha value is -3.03. The Kier molecular flexibility index (Phi) is 4.11. The molecule has 0 fully saturated rings. The van der Waals surface area contributed by atoms with Crippen molar-refractivity contribution in [3.05, 3.63) is 68.4 Å². The fourth-order valence-corrected chi connectivity index (χ4v) is 2.83. The Morgan fingerprint density at radius 3 is 2.83 bits per heavy atom. The van der Waals surface area contributed by atoms with Crippen molar-refractivity contribution in [2.45, 2.75) is 19.4 Å². The first kappa shape index (κ1) is 15.9. The van der Waals surface area contributed by atoms with Gasteiger partial charge in [0.15, 0.2) is 0 Å². The number of aryl methyl sites for hydroxylation is 1. The van der Waals surface area contributed by atoms with E-state index in [0.717, 1.165) is 28.5 Å². The van der Waals surface area contributed by atoms with Crippen molar-refractivity contribution in [1.82, 2.24) is 4.57 Å². The number of rotatable bonds is 3. The Labute approximate surface area is 136 Å². The Morgan fingerprint density at radius 2 is 2.08 bits per heavy atom. The number of nitro groups is 1. The molecule has 0 unspecified atom stereocenters. The number of nitrogens with zero attached hydrogens (tertiary/aromatic N) is 3. The molecule has 1 aromatic carbocycles. The third-order valence-electron chi connectivity index (χ3n) is 3.95. The zero-order chi connectivity index (χ0) is 17.3. The van der Waals surface area contributed by atoms with Crippen LogP contribution in [-0.4, -0.2) is 21.9 Å². The molecule has 2 heterocycles. The van der Waals surface area contributed by atoms with Gasteiger partial charge in [-0.2, -0.15) is 0 Å². The van der Waals surface area contributed by atoms with E-state index in [-0.39, 0.29) is 17.9 Å². The van der Waals surface area contributed by atoms with Crippen LogP contribution in [0.4, 0.5) is 15.8 Å². The highest BCUT2D eigenvalue weighted by molar-refractivity contribution is 5.94. The number of pyridine rings is 1. The van der Waals surface area contributed by atoms with Crippen LogP contribution in [0.15, 0.2) is 41.3 Å². The number of hydrogen-bond donors (Lipinski definition) is 0. The van der Waals surface area contributed by atoms with Gasteiger partial charge in [-0.25, -0.2) is 4.39 Å². The molecule has 1 aliphatic heterocycles.